The van der Waals surface area contributed by atoms with Gasteiger partial charge >= 0.3 is 6.09 Å². The van der Waals surface area contributed by atoms with Gasteiger partial charge in [-0.2, -0.15) is 0 Å². The highest BCUT2D eigenvalue weighted by Crippen LogP contribution is 2.20. The summed E-state index contributed by atoms with van der Waals surface area (Å²) in [6.07, 6.45) is 9.35. The summed E-state index contributed by atoms with van der Waals surface area (Å²) < 4.78 is 11.2. The molecule has 1 aliphatic rings. The molecule has 6 heteroatoms. The molecule has 32 heavy (non-hydrogen) atoms. The van der Waals surface area contributed by atoms with Crippen molar-refractivity contribution in [1.29, 1.82) is 0 Å². The smallest absolute Gasteiger partial charge is 0.410 e. The fraction of sp³-hybridized carbons (Fsp3) is 0.385. The Kier molecular flexibility index (Phi) is 9.32. The number of hydrogen-bond acceptors (Lipinski definition) is 4. The first-order valence-corrected chi connectivity index (χ1v) is 10.8. The predicted molar refractivity (Wildman–Crippen MR) is 127 cm³/mol. The third-order valence-electron chi connectivity index (χ3n) is 4.78. The van der Waals surface area contributed by atoms with Gasteiger partial charge in [0.15, 0.2) is 0 Å². The van der Waals surface area contributed by atoms with E-state index >= 15 is 0 Å². The first-order chi connectivity index (χ1) is 15.2. The van der Waals surface area contributed by atoms with Crippen LogP contribution in [0.5, 0.6) is 5.75 Å². The van der Waals surface area contributed by atoms with Crippen LogP contribution >= 0.6 is 0 Å². The van der Waals surface area contributed by atoms with E-state index in [0.717, 1.165) is 16.9 Å². The third kappa shape index (κ3) is 8.46. The van der Waals surface area contributed by atoms with Crippen molar-refractivity contribution in [2.45, 2.75) is 39.3 Å². The third-order valence-corrected chi connectivity index (χ3v) is 4.78. The Bertz CT molecular complexity index is 863. The summed E-state index contributed by atoms with van der Waals surface area (Å²) in [7, 11) is 0. The van der Waals surface area contributed by atoms with E-state index < -0.39 is 5.60 Å². The van der Waals surface area contributed by atoms with Crippen LogP contribution < -0.4 is 10.1 Å². The van der Waals surface area contributed by atoms with E-state index in [-0.39, 0.29) is 17.9 Å². The van der Waals surface area contributed by atoms with Gasteiger partial charge in [-0.05, 0) is 50.5 Å². The molecule has 1 N–H and O–H groups in total. The second kappa shape index (κ2) is 11.9. The highest BCUT2D eigenvalue weighted by atomic mass is 16.6. The maximum Gasteiger partial charge on any atom is 0.410 e. The molecule has 1 aromatic carbocycles. The van der Waals surface area contributed by atoms with Crippen molar-refractivity contribution in [2.75, 3.05) is 19.7 Å². The first-order valence-electron chi connectivity index (χ1n) is 10.8. The van der Waals surface area contributed by atoms with E-state index in [1.54, 1.807) is 17.1 Å². The highest BCUT2D eigenvalue weighted by Gasteiger charge is 2.33. The molecule has 0 spiro atoms. The second-order valence-corrected chi connectivity index (χ2v) is 8.63. The van der Waals surface area contributed by atoms with E-state index in [1.807, 2.05) is 63.3 Å². The number of rotatable bonds is 9. The molecule has 2 amide bonds. The summed E-state index contributed by atoms with van der Waals surface area (Å²) in [4.78, 5) is 26.3. The maximum atomic E-state index is 12.5. The van der Waals surface area contributed by atoms with Crippen LogP contribution in [0.3, 0.4) is 0 Å². The Balaban J connectivity index is 1.79. The number of amides is 2. The van der Waals surface area contributed by atoms with Gasteiger partial charge in [0.05, 0.1) is 5.92 Å². The van der Waals surface area contributed by atoms with Gasteiger partial charge < -0.3 is 19.7 Å². The molecule has 0 aliphatic carbocycles. The van der Waals surface area contributed by atoms with Gasteiger partial charge in [0.2, 0.25) is 5.91 Å². The Morgan fingerprint density at radius 3 is 2.53 bits per heavy atom. The van der Waals surface area contributed by atoms with Crippen molar-refractivity contribution in [1.82, 2.24) is 10.2 Å². The van der Waals surface area contributed by atoms with Gasteiger partial charge in [-0.3, -0.25) is 4.79 Å². The average Bonchev–Trinajstić information content (AvgIpc) is 3.24. The molecule has 1 atom stereocenters. The molecule has 1 unspecified atom stereocenters. The first kappa shape index (κ1) is 25.0. The second-order valence-electron chi connectivity index (χ2n) is 8.63. The number of likely N-dealkylation sites (tertiary alicyclic amines) is 1. The topological polar surface area (TPSA) is 67.9 Å². The Hall–Kier alpha value is -3.28. The fourth-order valence-electron chi connectivity index (χ4n) is 3.17. The van der Waals surface area contributed by atoms with Gasteiger partial charge in [-0.25, -0.2) is 4.79 Å². The van der Waals surface area contributed by atoms with Gasteiger partial charge in [0.25, 0.3) is 0 Å². The molecule has 0 bridgehead atoms. The predicted octanol–water partition coefficient (Wildman–Crippen LogP) is 4.79. The summed E-state index contributed by atoms with van der Waals surface area (Å²) in [5.74, 6) is 0.472. The van der Waals surface area contributed by atoms with Gasteiger partial charge in [-0.1, -0.05) is 55.7 Å². The molecule has 1 aliphatic heterocycles. The van der Waals surface area contributed by atoms with Crippen molar-refractivity contribution in [3.63, 3.8) is 0 Å². The van der Waals surface area contributed by atoms with Crippen molar-refractivity contribution in [3.8, 4) is 5.75 Å². The van der Waals surface area contributed by atoms with Crippen molar-refractivity contribution in [2.24, 2.45) is 5.92 Å². The molecular formula is C26H34N2O4. The molecule has 6 nitrogen and oxygen atoms in total. The molecule has 1 fully saturated rings. The minimum atomic E-state index is -0.543. The number of carbonyl (C=O) groups is 2. The zero-order chi connectivity index (χ0) is 23.6. The summed E-state index contributed by atoms with van der Waals surface area (Å²) >= 11 is 0. The SMILES string of the molecule is C=C/C=C\C(=C/C=C)COc1ccc(CNC(=O)C2CCN(C(=O)OC(C)(C)C)C2)cc1. The van der Waals surface area contributed by atoms with Crippen molar-refractivity contribution >= 4 is 12.0 Å². The number of nitrogens with one attached hydrogen (secondary N) is 1. The molecule has 1 aromatic rings. The van der Waals surface area contributed by atoms with Crippen LogP contribution in [0.2, 0.25) is 0 Å². The lowest BCUT2D eigenvalue weighted by molar-refractivity contribution is -0.124. The van der Waals surface area contributed by atoms with E-state index in [2.05, 4.69) is 18.5 Å². The van der Waals surface area contributed by atoms with Crippen LogP contribution in [0.15, 0.2) is 73.4 Å². The van der Waals surface area contributed by atoms with Crippen LogP contribution in [0, 0.1) is 5.92 Å². The number of allylic oxidation sites excluding steroid dienone is 4. The summed E-state index contributed by atoms with van der Waals surface area (Å²) in [5, 5.41) is 2.96. The zero-order valence-electron chi connectivity index (χ0n) is 19.3. The fourth-order valence-corrected chi connectivity index (χ4v) is 3.17. The monoisotopic (exact) mass is 438 g/mol. The minimum absolute atomic E-state index is 0.0513. The quantitative estimate of drug-likeness (QED) is 0.563. The number of ether oxygens (including phenoxy) is 2. The molecule has 0 saturated carbocycles. The van der Waals surface area contributed by atoms with Crippen molar-refractivity contribution in [3.05, 3.63) is 78.9 Å². The highest BCUT2D eigenvalue weighted by molar-refractivity contribution is 5.80. The molecule has 2 rings (SSSR count). The number of nitrogens with zero attached hydrogens (tertiary/aromatic N) is 1. The summed E-state index contributed by atoms with van der Waals surface area (Å²) in [6.45, 7) is 14.6. The standard InChI is InChI=1S/C26H34N2O4/c1-6-8-10-21(9-7-2)19-31-23-13-11-20(12-14-23)17-27-24(29)22-15-16-28(18-22)25(30)32-26(3,4)5/h6-14,22H,1-2,15-19H2,3-5H3,(H,27,29)/b10-8-,21-9+. The van der Waals surface area contributed by atoms with Gasteiger partial charge in [0.1, 0.15) is 18.0 Å². The van der Waals surface area contributed by atoms with Gasteiger partial charge in [-0.15, -0.1) is 0 Å². The lowest BCUT2D eigenvalue weighted by atomic mass is 10.1. The van der Waals surface area contributed by atoms with Crippen LogP contribution in [0.1, 0.15) is 32.8 Å². The molecule has 1 heterocycles. The van der Waals surface area contributed by atoms with Crippen LogP contribution in [0.4, 0.5) is 4.79 Å². The van der Waals surface area contributed by atoms with Crippen molar-refractivity contribution < 1.29 is 19.1 Å². The van der Waals surface area contributed by atoms with Crippen LogP contribution in [-0.2, 0) is 16.1 Å². The number of carbonyl (C=O) groups excluding carboxylic acids is 2. The number of hydrogen-bond donors (Lipinski definition) is 1. The minimum Gasteiger partial charge on any atom is -0.489 e. The molecule has 172 valence electrons. The van der Waals surface area contributed by atoms with Crippen LogP contribution in [0.25, 0.3) is 0 Å². The Morgan fingerprint density at radius 1 is 1.19 bits per heavy atom. The van der Waals surface area contributed by atoms with Gasteiger partial charge in [0, 0.05) is 19.6 Å². The molecule has 0 aromatic heterocycles. The van der Waals surface area contributed by atoms with Crippen LogP contribution in [-0.4, -0.2) is 42.2 Å². The number of benzene rings is 1. The molecule has 0 radical (unpaired) electrons. The average molecular weight is 439 g/mol. The van der Waals surface area contributed by atoms with E-state index in [9.17, 15) is 9.59 Å². The lowest BCUT2D eigenvalue weighted by Gasteiger charge is -2.24. The molecular weight excluding hydrogens is 404 g/mol. The maximum absolute atomic E-state index is 12.5. The zero-order valence-corrected chi connectivity index (χ0v) is 19.3. The van der Waals surface area contributed by atoms with E-state index in [4.69, 9.17) is 9.47 Å². The molecule has 1 saturated heterocycles. The summed E-state index contributed by atoms with van der Waals surface area (Å²) in [6, 6.07) is 7.61. The Morgan fingerprint density at radius 2 is 1.91 bits per heavy atom. The lowest BCUT2D eigenvalue weighted by Crippen LogP contribution is -2.37. The largest absolute Gasteiger partial charge is 0.489 e. The normalized spacial score (nSPS) is 16.7. The van der Waals surface area contributed by atoms with E-state index in [0.29, 0.717) is 32.7 Å². The van der Waals surface area contributed by atoms with E-state index in [1.165, 1.54) is 0 Å². The summed E-state index contributed by atoms with van der Waals surface area (Å²) in [5.41, 5.74) is 1.41. The Labute approximate surface area is 191 Å².